The normalized spacial score (nSPS) is 20.5. The minimum Gasteiger partial charge on any atom is -0.468 e. The topological polar surface area (TPSA) is 98.9 Å². The maximum Gasteiger partial charge on any atom is 0.407 e. The van der Waals surface area contributed by atoms with Gasteiger partial charge in [-0.25, -0.2) is 14.2 Å². The summed E-state index contributed by atoms with van der Waals surface area (Å²) in [5, 5.41) is 22.7. The Kier molecular flexibility index (Phi) is 7.47. The lowest BCUT2D eigenvalue weighted by Gasteiger charge is -2.48. The first-order valence-electron chi connectivity index (χ1n) is 14.9. The first kappa shape index (κ1) is 28.7. The van der Waals surface area contributed by atoms with E-state index in [1.54, 1.807) is 12.0 Å². The Bertz CT molecular complexity index is 1840. The van der Waals surface area contributed by atoms with E-state index in [1.165, 1.54) is 11.8 Å². The van der Waals surface area contributed by atoms with Crippen LogP contribution in [0.25, 0.3) is 32.8 Å². The largest absolute Gasteiger partial charge is 0.468 e. The van der Waals surface area contributed by atoms with E-state index in [9.17, 15) is 15.2 Å². The highest BCUT2D eigenvalue weighted by Gasteiger charge is 2.57. The zero-order valence-corrected chi connectivity index (χ0v) is 25.5. The number of thioether (sulfide) groups is 1. The molecular weight excluding hydrogens is 579 g/mol. The fourth-order valence-electron chi connectivity index (χ4n) is 7.62. The molecule has 4 heterocycles. The molecule has 3 aliphatic heterocycles. The molecule has 1 saturated carbocycles. The molecule has 1 N–H and O–H groups in total. The van der Waals surface area contributed by atoms with Crippen molar-refractivity contribution in [2.75, 3.05) is 38.1 Å². The van der Waals surface area contributed by atoms with Crippen molar-refractivity contribution in [3.05, 3.63) is 59.4 Å². The molecular formula is C34H33FN4O4S. The molecule has 226 valence electrons. The second-order valence-electron chi connectivity index (χ2n) is 11.8. The third-order valence-corrected chi connectivity index (χ3v) is 10.2. The molecule has 3 unspecified atom stereocenters. The van der Waals surface area contributed by atoms with Crippen molar-refractivity contribution in [1.29, 1.82) is 5.26 Å². The number of carbonyl (C=O) groups is 1. The number of methoxy groups -OCH3 is 1. The van der Waals surface area contributed by atoms with Gasteiger partial charge in [0.1, 0.15) is 16.3 Å². The number of benzene rings is 3. The van der Waals surface area contributed by atoms with Crippen LogP contribution in [0.2, 0.25) is 0 Å². The van der Waals surface area contributed by atoms with Crippen LogP contribution < -0.4 is 9.64 Å². The van der Waals surface area contributed by atoms with Gasteiger partial charge in [0, 0.05) is 49.1 Å². The third-order valence-electron chi connectivity index (χ3n) is 9.45. The van der Waals surface area contributed by atoms with Gasteiger partial charge in [0.15, 0.2) is 12.6 Å². The standard InChI is InChI=1S/C34H33FN4O4S/c1-42-18-43-22-13-19-7-3-4-9-23(19)25(16-22)28-20(8-5-11-36)14-26-30(29(28)35)37-33(44-2)24-10-6-12-38(32(24)26)31-21-15-27(31)39(17-21)34(40)41/h3-4,7,9,13-14,16,21,27,31H,5-6,8,10,12,15,17-18H2,1-2H3,(H,40,41). The van der Waals surface area contributed by atoms with Crippen LogP contribution in [0.4, 0.5) is 14.9 Å². The van der Waals surface area contributed by atoms with Crippen molar-refractivity contribution in [3.63, 3.8) is 0 Å². The van der Waals surface area contributed by atoms with Crippen LogP contribution in [0, 0.1) is 23.1 Å². The van der Waals surface area contributed by atoms with Crippen LogP contribution >= 0.6 is 11.8 Å². The summed E-state index contributed by atoms with van der Waals surface area (Å²) in [5.41, 5.74) is 4.21. The number of ether oxygens (including phenoxy) is 2. The maximum atomic E-state index is 17.3. The van der Waals surface area contributed by atoms with Crippen molar-refractivity contribution in [2.45, 2.75) is 49.2 Å². The number of fused-ring (bicyclic) bond motifs is 5. The molecule has 0 spiro atoms. The summed E-state index contributed by atoms with van der Waals surface area (Å²) >= 11 is 1.52. The Labute approximate surface area is 259 Å². The van der Waals surface area contributed by atoms with Crippen molar-refractivity contribution in [1.82, 2.24) is 9.88 Å². The van der Waals surface area contributed by atoms with Gasteiger partial charge in [-0.05, 0) is 72.0 Å². The van der Waals surface area contributed by atoms with Crippen LogP contribution in [0.3, 0.4) is 0 Å². The van der Waals surface area contributed by atoms with E-state index >= 15 is 4.39 Å². The Morgan fingerprint density at radius 3 is 2.84 bits per heavy atom. The average molecular weight is 613 g/mol. The number of anilines is 1. The van der Waals surface area contributed by atoms with E-state index in [4.69, 9.17) is 14.5 Å². The Hall–Kier alpha value is -4.07. The molecule has 10 heteroatoms. The summed E-state index contributed by atoms with van der Waals surface area (Å²) in [6.45, 7) is 1.38. The first-order chi connectivity index (χ1) is 21.4. The van der Waals surface area contributed by atoms with E-state index in [0.29, 0.717) is 35.4 Å². The van der Waals surface area contributed by atoms with Crippen LogP contribution in [-0.2, 0) is 17.6 Å². The van der Waals surface area contributed by atoms with E-state index in [0.717, 1.165) is 63.8 Å². The molecule has 1 amide bonds. The average Bonchev–Trinajstić information content (AvgIpc) is 3.64. The zero-order valence-electron chi connectivity index (χ0n) is 24.7. The van der Waals surface area contributed by atoms with Gasteiger partial charge in [-0.3, -0.25) is 0 Å². The van der Waals surface area contributed by atoms with Crippen LogP contribution in [0.1, 0.15) is 30.4 Å². The van der Waals surface area contributed by atoms with Gasteiger partial charge in [0.25, 0.3) is 0 Å². The predicted octanol–water partition coefficient (Wildman–Crippen LogP) is 6.86. The van der Waals surface area contributed by atoms with Gasteiger partial charge in [-0.2, -0.15) is 5.26 Å². The van der Waals surface area contributed by atoms with Gasteiger partial charge in [0.2, 0.25) is 0 Å². The molecule has 44 heavy (non-hydrogen) atoms. The molecule has 8 rings (SSSR count). The number of rotatable bonds is 8. The molecule has 2 saturated heterocycles. The lowest BCUT2D eigenvalue weighted by atomic mass is 9.77. The molecule has 1 aromatic heterocycles. The number of aryl methyl sites for hydroxylation is 1. The number of amides is 1. The summed E-state index contributed by atoms with van der Waals surface area (Å²) in [7, 11) is 1.55. The van der Waals surface area contributed by atoms with Crippen molar-refractivity contribution >= 4 is 45.2 Å². The van der Waals surface area contributed by atoms with Crippen LogP contribution in [0.5, 0.6) is 5.75 Å². The molecule has 3 aromatic carbocycles. The molecule has 8 nitrogen and oxygen atoms in total. The molecule has 3 atom stereocenters. The molecule has 2 bridgehead atoms. The van der Waals surface area contributed by atoms with Crippen LogP contribution in [0.15, 0.2) is 47.5 Å². The summed E-state index contributed by atoms with van der Waals surface area (Å²) in [4.78, 5) is 20.8. The highest BCUT2D eigenvalue weighted by atomic mass is 32.2. The number of nitrogens with zero attached hydrogens (tertiary/aromatic N) is 4. The van der Waals surface area contributed by atoms with E-state index in [-0.39, 0.29) is 31.2 Å². The minimum atomic E-state index is -0.875. The number of aromatic nitrogens is 1. The second-order valence-corrected chi connectivity index (χ2v) is 12.6. The summed E-state index contributed by atoms with van der Waals surface area (Å²) in [6, 6.07) is 15.8. The highest BCUT2D eigenvalue weighted by molar-refractivity contribution is 7.98. The van der Waals surface area contributed by atoms with Crippen LogP contribution in [-0.4, -0.2) is 66.4 Å². The Morgan fingerprint density at radius 1 is 1.25 bits per heavy atom. The number of pyridine rings is 1. The van der Waals surface area contributed by atoms with Gasteiger partial charge in [-0.1, -0.05) is 24.3 Å². The summed E-state index contributed by atoms with van der Waals surface area (Å²) in [5.74, 6) is 0.396. The monoisotopic (exact) mass is 612 g/mol. The summed E-state index contributed by atoms with van der Waals surface area (Å²) in [6.07, 6.45) is 4.32. The highest BCUT2D eigenvalue weighted by Crippen LogP contribution is 2.51. The molecule has 1 aliphatic carbocycles. The fourth-order valence-corrected chi connectivity index (χ4v) is 8.25. The van der Waals surface area contributed by atoms with Crippen molar-refractivity contribution in [3.8, 4) is 22.9 Å². The van der Waals surface area contributed by atoms with Crippen molar-refractivity contribution < 1.29 is 23.8 Å². The van der Waals surface area contributed by atoms with Gasteiger partial charge >= 0.3 is 6.09 Å². The lowest BCUT2D eigenvalue weighted by Crippen LogP contribution is -2.57. The number of carboxylic acid groups (broad SMARTS) is 1. The first-order valence-corrected chi connectivity index (χ1v) is 16.2. The molecule has 4 aromatic rings. The number of halogens is 1. The van der Waals surface area contributed by atoms with Gasteiger partial charge in [-0.15, -0.1) is 11.8 Å². The van der Waals surface area contributed by atoms with E-state index in [1.807, 2.05) is 48.7 Å². The quantitative estimate of drug-likeness (QED) is 0.170. The van der Waals surface area contributed by atoms with E-state index < -0.39 is 11.9 Å². The molecule has 3 fully saturated rings. The third kappa shape index (κ3) is 4.52. The Morgan fingerprint density at radius 2 is 2.09 bits per heavy atom. The Balaban J connectivity index is 1.48. The van der Waals surface area contributed by atoms with Crippen molar-refractivity contribution in [2.24, 2.45) is 5.92 Å². The molecule has 4 aliphatic rings. The number of hydrogen-bond donors (Lipinski definition) is 1. The smallest absolute Gasteiger partial charge is 0.407 e. The maximum absolute atomic E-state index is 17.3. The minimum absolute atomic E-state index is 0.0579. The van der Waals surface area contributed by atoms with Gasteiger partial charge < -0.3 is 24.4 Å². The van der Waals surface area contributed by atoms with E-state index in [2.05, 4.69) is 11.0 Å². The number of nitriles is 1. The van der Waals surface area contributed by atoms with Gasteiger partial charge in [0.05, 0.1) is 23.8 Å². The zero-order chi connectivity index (χ0) is 30.5. The fraction of sp³-hybridized carbons (Fsp3) is 0.382. The lowest BCUT2D eigenvalue weighted by molar-refractivity contribution is 0.0512. The molecule has 0 radical (unpaired) electrons. The summed E-state index contributed by atoms with van der Waals surface area (Å²) < 4.78 is 28.2. The second kappa shape index (κ2) is 11.5. The number of hydrogen-bond acceptors (Lipinski definition) is 7. The SMILES string of the molecule is COCOc1cc(-c2c(CCC#N)cc3c4c(c(SC)nc3c2F)CCCN4C2C3CC2N(C(=O)O)C3)c2ccccc2c1. The predicted molar refractivity (Wildman–Crippen MR) is 169 cm³/mol.